The smallest absolute Gasteiger partial charge is 0.356 e. The van der Waals surface area contributed by atoms with Gasteiger partial charge in [0.2, 0.25) is 5.91 Å². The molecule has 0 bridgehead atoms. The summed E-state index contributed by atoms with van der Waals surface area (Å²) in [4.78, 5) is 21.8. The predicted octanol–water partition coefficient (Wildman–Crippen LogP) is 0.545. The van der Waals surface area contributed by atoms with Crippen LogP contribution in [-0.2, 0) is 9.53 Å². The van der Waals surface area contributed by atoms with Gasteiger partial charge in [-0.1, -0.05) is 0 Å². The number of carbonyl (C=O) groups excluding carboxylic acids is 2. The van der Waals surface area contributed by atoms with Crippen molar-refractivity contribution in [1.82, 2.24) is 10.2 Å². The van der Waals surface area contributed by atoms with E-state index >= 15 is 0 Å². The SMILES string of the molecule is CCOC(=O)c1cc(NC(C)=O)n[nH]1. The summed E-state index contributed by atoms with van der Waals surface area (Å²) in [6.07, 6.45) is 0. The largest absolute Gasteiger partial charge is 0.461 e. The zero-order chi connectivity index (χ0) is 10.6. The molecule has 0 aromatic carbocycles. The molecule has 1 amide bonds. The second-order valence-corrected chi connectivity index (χ2v) is 2.57. The minimum atomic E-state index is -0.489. The van der Waals surface area contributed by atoms with Gasteiger partial charge in [-0.15, -0.1) is 0 Å². The Kier molecular flexibility index (Phi) is 3.22. The van der Waals surface area contributed by atoms with E-state index in [0.717, 1.165) is 0 Å². The lowest BCUT2D eigenvalue weighted by atomic mass is 10.4. The number of nitrogens with zero attached hydrogens (tertiary/aromatic N) is 1. The molecule has 14 heavy (non-hydrogen) atoms. The molecule has 0 aliphatic heterocycles. The first kappa shape index (κ1) is 10.2. The van der Waals surface area contributed by atoms with Crippen LogP contribution in [0.5, 0.6) is 0 Å². The molecule has 6 nitrogen and oxygen atoms in total. The molecule has 0 aliphatic rings. The molecule has 0 spiro atoms. The third-order valence-corrected chi connectivity index (χ3v) is 1.38. The molecule has 2 N–H and O–H groups in total. The number of aromatic nitrogens is 2. The molecule has 6 heteroatoms. The molecular weight excluding hydrogens is 186 g/mol. The van der Waals surface area contributed by atoms with Crippen molar-refractivity contribution in [3.63, 3.8) is 0 Å². The Morgan fingerprint density at radius 2 is 2.36 bits per heavy atom. The number of aromatic amines is 1. The van der Waals surface area contributed by atoms with Crippen LogP contribution in [0.25, 0.3) is 0 Å². The summed E-state index contributed by atoms with van der Waals surface area (Å²) in [6.45, 7) is 3.37. The topological polar surface area (TPSA) is 84.1 Å². The number of esters is 1. The average Bonchev–Trinajstić information content (AvgIpc) is 2.52. The Morgan fingerprint density at radius 1 is 1.64 bits per heavy atom. The van der Waals surface area contributed by atoms with E-state index < -0.39 is 5.97 Å². The Bertz CT molecular complexity index is 345. The maximum atomic E-state index is 11.1. The van der Waals surface area contributed by atoms with Crippen molar-refractivity contribution in [2.75, 3.05) is 11.9 Å². The second-order valence-electron chi connectivity index (χ2n) is 2.57. The van der Waals surface area contributed by atoms with Gasteiger partial charge in [-0.2, -0.15) is 5.10 Å². The van der Waals surface area contributed by atoms with E-state index in [0.29, 0.717) is 12.4 Å². The van der Waals surface area contributed by atoms with Gasteiger partial charge in [-0.05, 0) is 6.92 Å². The second kappa shape index (κ2) is 4.40. The van der Waals surface area contributed by atoms with E-state index in [4.69, 9.17) is 4.74 Å². The molecular formula is C8H11N3O3. The molecule has 0 unspecified atom stereocenters. The average molecular weight is 197 g/mol. The summed E-state index contributed by atoms with van der Waals surface area (Å²) in [5.74, 6) is -0.427. The van der Waals surface area contributed by atoms with Gasteiger partial charge < -0.3 is 10.1 Å². The number of H-pyrrole nitrogens is 1. The number of nitrogens with one attached hydrogen (secondary N) is 2. The first-order valence-electron chi connectivity index (χ1n) is 4.13. The van der Waals surface area contributed by atoms with Crippen molar-refractivity contribution >= 4 is 17.7 Å². The third kappa shape index (κ3) is 2.58. The van der Waals surface area contributed by atoms with Crippen molar-refractivity contribution in [2.45, 2.75) is 13.8 Å². The quantitative estimate of drug-likeness (QED) is 0.693. The number of rotatable bonds is 3. The first-order chi connectivity index (χ1) is 6.63. The molecule has 0 fully saturated rings. The number of ether oxygens (including phenoxy) is 1. The Hall–Kier alpha value is -1.85. The molecule has 1 aromatic rings. The van der Waals surface area contributed by atoms with E-state index in [1.54, 1.807) is 6.92 Å². The summed E-state index contributed by atoms with van der Waals surface area (Å²) in [5.41, 5.74) is 0.218. The molecule has 76 valence electrons. The number of carbonyl (C=O) groups is 2. The van der Waals surface area contributed by atoms with E-state index in [1.165, 1.54) is 13.0 Å². The molecule has 1 rings (SSSR count). The van der Waals surface area contributed by atoms with Crippen LogP contribution in [0.2, 0.25) is 0 Å². The maximum Gasteiger partial charge on any atom is 0.356 e. The summed E-state index contributed by atoms with van der Waals surface area (Å²) >= 11 is 0. The predicted molar refractivity (Wildman–Crippen MR) is 48.8 cm³/mol. The van der Waals surface area contributed by atoms with E-state index in [9.17, 15) is 9.59 Å². The lowest BCUT2D eigenvalue weighted by Gasteiger charge is -1.96. The van der Waals surface area contributed by atoms with Gasteiger partial charge >= 0.3 is 5.97 Å². The lowest BCUT2D eigenvalue weighted by Crippen LogP contribution is -2.06. The van der Waals surface area contributed by atoms with Gasteiger partial charge in [0.15, 0.2) is 5.82 Å². The van der Waals surface area contributed by atoms with Crippen LogP contribution in [0.4, 0.5) is 5.82 Å². The zero-order valence-corrected chi connectivity index (χ0v) is 7.96. The minimum absolute atomic E-state index is 0.218. The van der Waals surface area contributed by atoms with Crippen molar-refractivity contribution in [3.8, 4) is 0 Å². The Morgan fingerprint density at radius 3 is 2.93 bits per heavy atom. The van der Waals surface area contributed by atoms with Gasteiger partial charge in [-0.3, -0.25) is 9.89 Å². The molecule has 1 aromatic heterocycles. The third-order valence-electron chi connectivity index (χ3n) is 1.38. The van der Waals surface area contributed by atoms with Gasteiger partial charge in [0.05, 0.1) is 6.61 Å². The van der Waals surface area contributed by atoms with Gasteiger partial charge in [0.1, 0.15) is 5.69 Å². The molecule has 0 aliphatic carbocycles. The molecule has 1 heterocycles. The highest BCUT2D eigenvalue weighted by atomic mass is 16.5. The van der Waals surface area contributed by atoms with Crippen molar-refractivity contribution < 1.29 is 14.3 Å². The van der Waals surface area contributed by atoms with Crippen LogP contribution >= 0.6 is 0 Å². The summed E-state index contributed by atoms with van der Waals surface area (Å²) in [5, 5.41) is 8.59. The van der Waals surface area contributed by atoms with Gasteiger partial charge in [-0.25, -0.2) is 4.79 Å². The number of hydrogen-bond acceptors (Lipinski definition) is 4. The number of anilines is 1. The standard InChI is InChI=1S/C8H11N3O3/c1-3-14-8(13)6-4-7(11-10-6)9-5(2)12/h4H,3H2,1-2H3,(H2,9,10,11,12). The number of hydrogen-bond donors (Lipinski definition) is 2. The Balaban J connectivity index is 2.67. The van der Waals surface area contributed by atoms with E-state index in [1.807, 2.05) is 0 Å². The maximum absolute atomic E-state index is 11.1. The molecule has 0 saturated heterocycles. The molecule has 0 radical (unpaired) electrons. The van der Waals surface area contributed by atoms with Crippen molar-refractivity contribution in [3.05, 3.63) is 11.8 Å². The van der Waals surface area contributed by atoms with Gasteiger partial charge in [0.25, 0.3) is 0 Å². The van der Waals surface area contributed by atoms with Crippen LogP contribution < -0.4 is 5.32 Å². The normalized spacial score (nSPS) is 9.57. The first-order valence-corrected chi connectivity index (χ1v) is 4.13. The van der Waals surface area contributed by atoms with Crippen molar-refractivity contribution in [2.24, 2.45) is 0 Å². The molecule has 0 atom stereocenters. The summed E-state index contributed by atoms with van der Waals surface area (Å²) < 4.78 is 4.72. The fourth-order valence-corrected chi connectivity index (χ4v) is 0.880. The molecule has 0 saturated carbocycles. The van der Waals surface area contributed by atoms with Gasteiger partial charge in [0, 0.05) is 13.0 Å². The minimum Gasteiger partial charge on any atom is -0.461 e. The van der Waals surface area contributed by atoms with Crippen molar-refractivity contribution in [1.29, 1.82) is 0 Å². The summed E-state index contributed by atoms with van der Waals surface area (Å²) in [6, 6.07) is 1.42. The van der Waals surface area contributed by atoms with E-state index in [-0.39, 0.29) is 11.6 Å². The van der Waals surface area contributed by atoms with Crippen LogP contribution in [0.3, 0.4) is 0 Å². The highest BCUT2D eigenvalue weighted by Crippen LogP contribution is 2.06. The monoisotopic (exact) mass is 197 g/mol. The van der Waals surface area contributed by atoms with Crippen LogP contribution in [0.1, 0.15) is 24.3 Å². The highest BCUT2D eigenvalue weighted by Gasteiger charge is 2.10. The highest BCUT2D eigenvalue weighted by molar-refractivity contribution is 5.91. The fourth-order valence-electron chi connectivity index (χ4n) is 0.880. The zero-order valence-electron chi connectivity index (χ0n) is 7.96. The summed E-state index contributed by atoms with van der Waals surface area (Å²) in [7, 11) is 0. The van der Waals surface area contributed by atoms with E-state index in [2.05, 4.69) is 15.5 Å². The van der Waals surface area contributed by atoms with Crippen LogP contribution in [0, 0.1) is 0 Å². The van der Waals surface area contributed by atoms with Crippen LogP contribution in [0.15, 0.2) is 6.07 Å². The Labute approximate surface area is 80.6 Å². The lowest BCUT2D eigenvalue weighted by molar-refractivity contribution is -0.114. The number of amides is 1. The fraction of sp³-hybridized carbons (Fsp3) is 0.375. The van der Waals surface area contributed by atoms with Crippen LogP contribution in [-0.4, -0.2) is 28.7 Å².